The van der Waals surface area contributed by atoms with Crippen LogP contribution >= 0.6 is 0 Å². The van der Waals surface area contributed by atoms with Crippen LogP contribution < -0.4 is 20.5 Å². The van der Waals surface area contributed by atoms with Crippen molar-refractivity contribution in [2.75, 3.05) is 12.1 Å². The summed E-state index contributed by atoms with van der Waals surface area (Å²) in [6, 6.07) is 20.4. The smallest absolute Gasteiger partial charge is 0.248 e. The van der Waals surface area contributed by atoms with E-state index in [2.05, 4.69) is 5.32 Å². The maximum Gasteiger partial charge on any atom is 0.248 e. The number of nitrogens with two attached hydrogens (primary N) is 1. The van der Waals surface area contributed by atoms with Crippen molar-refractivity contribution in [3.05, 3.63) is 77.9 Å². The molecule has 0 unspecified atom stereocenters. The summed E-state index contributed by atoms with van der Waals surface area (Å²) in [5.74, 6) is 0.883. The summed E-state index contributed by atoms with van der Waals surface area (Å²) in [6.07, 6.45) is 1.58. The number of anilines is 1. The van der Waals surface area contributed by atoms with Crippen LogP contribution in [0.4, 0.5) is 5.69 Å². The molecule has 3 aromatic carbocycles. The number of primary amides is 1. The van der Waals surface area contributed by atoms with Gasteiger partial charge in [-0.2, -0.15) is 0 Å². The molecule has 1 saturated carbocycles. The van der Waals surface area contributed by atoms with Gasteiger partial charge in [-0.3, -0.25) is 9.59 Å². The molecule has 0 aromatic heterocycles. The predicted molar refractivity (Wildman–Crippen MR) is 119 cm³/mol. The van der Waals surface area contributed by atoms with Crippen molar-refractivity contribution < 1.29 is 23.3 Å². The number of nitrogens with one attached hydrogen (secondary N) is 1. The van der Waals surface area contributed by atoms with E-state index in [1.807, 2.05) is 48.5 Å². The second-order valence-electron chi connectivity index (χ2n) is 7.63. The minimum Gasteiger partial charge on any atom is -0.454 e. The standard InChI is InChI=1S/C24H20N2O4.3H2/c25-22(27)17-5-1-3-15(11-17)16-4-2-6-19(12-16)26-23(28)24(9-10-24)18-7-8-20-21(13-18)30-14-29-20;;;/h1-8,11-13H,9-10,14H2,(H2,25,27)(H,26,28);3*1H. The van der Waals surface area contributed by atoms with Gasteiger partial charge in [-0.15, -0.1) is 0 Å². The Hall–Kier alpha value is -3.80. The Labute approximate surface area is 178 Å². The molecule has 3 N–H and O–H groups in total. The van der Waals surface area contributed by atoms with Crippen LogP contribution in [-0.2, 0) is 10.2 Å². The van der Waals surface area contributed by atoms with Gasteiger partial charge in [0.15, 0.2) is 11.5 Å². The monoisotopic (exact) mass is 406 g/mol. The maximum atomic E-state index is 13.1. The molecular weight excluding hydrogens is 380 g/mol. The van der Waals surface area contributed by atoms with Crippen LogP contribution in [0.5, 0.6) is 11.5 Å². The van der Waals surface area contributed by atoms with Gasteiger partial charge >= 0.3 is 0 Å². The average Bonchev–Trinajstić information content (AvgIpc) is 3.45. The van der Waals surface area contributed by atoms with Crippen molar-refractivity contribution in [3.63, 3.8) is 0 Å². The highest BCUT2D eigenvalue weighted by Gasteiger charge is 2.51. The van der Waals surface area contributed by atoms with Gasteiger partial charge in [-0.25, -0.2) is 0 Å². The minimum absolute atomic E-state index is 0. The number of rotatable bonds is 5. The van der Waals surface area contributed by atoms with Gasteiger partial charge in [0.1, 0.15) is 0 Å². The zero-order valence-corrected chi connectivity index (χ0v) is 16.2. The number of amides is 2. The summed E-state index contributed by atoms with van der Waals surface area (Å²) in [4.78, 5) is 24.6. The molecular formula is C24H26N2O4. The fourth-order valence-electron chi connectivity index (χ4n) is 3.85. The van der Waals surface area contributed by atoms with Gasteiger partial charge in [0, 0.05) is 15.5 Å². The molecule has 5 rings (SSSR count). The number of fused-ring (bicyclic) bond motifs is 1. The van der Waals surface area contributed by atoms with E-state index in [-0.39, 0.29) is 17.0 Å². The first kappa shape index (κ1) is 18.2. The zero-order chi connectivity index (χ0) is 20.7. The SMILES string of the molecule is NC(=O)c1cccc(-c2cccc(NC(=O)C3(c4ccc5c(c4)OCO5)CC3)c2)c1.[HH].[HH].[HH]. The van der Waals surface area contributed by atoms with Gasteiger partial charge in [-0.1, -0.05) is 30.3 Å². The lowest BCUT2D eigenvalue weighted by atomic mass is 9.94. The average molecular weight is 406 g/mol. The van der Waals surface area contributed by atoms with E-state index in [1.54, 1.807) is 18.2 Å². The Kier molecular flexibility index (Phi) is 4.20. The number of carbonyl (C=O) groups excluding carboxylic acids is 2. The van der Waals surface area contributed by atoms with E-state index in [0.717, 1.165) is 29.5 Å². The van der Waals surface area contributed by atoms with Crippen LogP contribution in [-0.4, -0.2) is 18.6 Å². The lowest BCUT2D eigenvalue weighted by Gasteiger charge is -2.17. The predicted octanol–water partition coefficient (Wildman–Crippen LogP) is 4.59. The third kappa shape index (κ3) is 3.16. The molecule has 30 heavy (non-hydrogen) atoms. The van der Waals surface area contributed by atoms with Crippen LogP contribution in [0.15, 0.2) is 66.7 Å². The van der Waals surface area contributed by atoms with Crippen LogP contribution in [0, 0.1) is 0 Å². The first-order valence-electron chi connectivity index (χ1n) is 9.77. The molecule has 2 aliphatic rings. The molecule has 0 bridgehead atoms. The minimum atomic E-state index is -0.539. The van der Waals surface area contributed by atoms with Crippen molar-refractivity contribution >= 4 is 17.5 Å². The third-order valence-corrected chi connectivity index (χ3v) is 5.71. The summed E-state index contributed by atoms with van der Waals surface area (Å²) >= 11 is 0. The van der Waals surface area contributed by atoms with E-state index < -0.39 is 11.3 Å². The quantitative estimate of drug-likeness (QED) is 0.648. The fourth-order valence-corrected chi connectivity index (χ4v) is 3.85. The van der Waals surface area contributed by atoms with Crippen molar-refractivity contribution in [3.8, 4) is 22.6 Å². The normalized spacial score (nSPS) is 15.5. The number of hydrogen-bond acceptors (Lipinski definition) is 4. The number of ether oxygens (including phenoxy) is 2. The molecule has 0 radical (unpaired) electrons. The topological polar surface area (TPSA) is 90.7 Å². The Balaban J connectivity index is 0.00000128. The first-order valence-corrected chi connectivity index (χ1v) is 9.77. The molecule has 3 aromatic rings. The van der Waals surface area contributed by atoms with E-state index in [0.29, 0.717) is 22.7 Å². The van der Waals surface area contributed by atoms with Gasteiger partial charge in [-0.05, 0) is 65.9 Å². The number of carbonyl (C=O) groups is 2. The van der Waals surface area contributed by atoms with Gasteiger partial charge in [0.05, 0.1) is 5.41 Å². The summed E-state index contributed by atoms with van der Waals surface area (Å²) in [5.41, 5.74) is 8.69. The fraction of sp³-hybridized carbons (Fsp3) is 0.167. The summed E-state index contributed by atoms with van der Waals surface area (Å²) in [5, 5.41) is 3.06. The number of hydrogen-bond donors (Lipinski definition) is 2. The largest absolute Gasteiger partial charge is 0.454 e. The Morgan fingerprint density at radius 2 is 1.63 bits per heavy atom. The van der Waals surface area contributed by atoms with Crippen LogP contribution in [0.1, 0.15) is 33.0 Å². The van der Waals surface area contributed by atoms with Gasteiger partial charge < -0.3 is 20.5 Å². The molecule has 1 aliphatic heterocycles. The van der Waals surface area contributed by atoms with E-state index in [9.17, 15) is 9.59 Å². The Bertz CT molecular complexity index is 1180. The number of benzene rings is 3. The Morgan fingerprint density at radius 3 is 2.40 bits per heavy atom. The summed E-state index contributed by atoms with van der Waals surface area (Å²) in [6.45, 7) is 0.210. The molecule has 0 atom stereocenters. The lowest BCUT2D eigenvalue weighted by Crippen LogP contribution is -2.27. The molecule has 0 saturated heterocycles. The highest BCUT2D eigenvalue weighted by Crippen LogP contribution is 2.51. The first-order chi connectivity index (χ1) is 14.5. The Morgan fingerprint density at radius 1 is 0.900 bits per heavy atom. The van der Waals surface area contributed by atoms with E-state index in [1.165, 1.54) is 0 Å². The highest BCUT2D eigenvalue weighted by molar-refractivity contribution is 6.02. The van der Waals surface area contributed by atoms with Crippen molar-refractivity contribution in [1.82, 2.24) is 0 Å². The van der Waals surface area contributed by atoms with Crippen LogP contribution in [0.25, 0.3) is 11.1 Å². The second-order valence-corrected chi connectivity index (χ2v) is 7.63. The molecule has 156 valence electrons. The van der Waals surface area contributed by atoms with Gasteiger partial charge in [0.25, 0.3) is 0 Å². The molecule has 1 fully saturated rings. The molecule has 1 heterocycles. The molecule has 6 nitrogen and oxygen atoms in total. The summed E-state index contributed by atoms with van der Waals surface area (Å²) in [7, 11) is 0. The molecule has 0 spiro atoms. The zero-order valence-electron chi connectivity index (χ0n) is 16.2. The summed E-state index contributed by atoms with van der Waals surface area (Å²) < 4.78 is 10.8. The van der Waals surface area contributed by atoms with Crippen molar-refractivity contribution in [2.45, 2.75) is 18.3 Å². The van der Waals surface area contributed by atoms with Crippen molar-refractivity contribution in [2.24, 2.45) is 5.73 Å². The maximum absolute atomic E-state index is 13.1. The van der Waals surface area contributed by atoms with Crippen LogP contribution in [0.3, 0.4) is 0 Å². The third-order valence-electron chi connectivity index (χ3n) is 5.71. The van der Waals surface area contributed by atoms with Crippen molar-refractivity contribution in [1.29, 1.82) is 0 Å². The lowest BCUT2D eigenvalue weighted by molar-refractivity contribution is -0.118. The van der Waals surface area contributed by atoms with Crippen LogP contribution in [0.2, 0.25) is 0 Å². The highest BCUT2D eigenvalue weighted by atomic mass is 16.7. The second kappa shape index (κ2) is 6.91. The molecule has 2 amide bonds. The van der Waals surface area contributed by atoms with Gasteiger partial charge in [0.2, 0.25) is 18.6 Å². The molecule has 1 aliphatic carbocycles. The van der Waals surface area contributed by atoms with E-state index >= 15 is 0 Å². The molecule has 6 heteroatoms. The van der Waals surface area contributed by atoms with E-state index in [4.69, 9.17) is 15.2 Å².